The predicted molar refractivity (Wildman–Crippen MR) is 114 cm³/mol. The number of aliphatic imine (C=N–C) groups is 1. The van der Waals surface area contributed by atoms with Crippen molar-refractivity contribution in [2.75, 3.05) is 6.61 Å². The van der Waals surface area contributed by atoms with Crippen molar-refractivity contribution in [3.8, 4) is 0 Å². The fourth-order valence-electron chi connectivity index (χ4n) is 2.76. The summed E-state index contributed by atoms with van der Waals surface area (Å²) in [6.45, 7) is 4.90. The maximum Gasteiger partial charge on any atom is 0.341 e. The van der Waals surface area contributed by atoms with Gasteiger partial charge >= 0.3 is 5.97 Å². The Kier molecular flexibility index (Phi) is 8.03. The van der Waals surface area contributed by atoms with E-state index < -0.39 is 58.6 Å². The average Bonchev–Trinajstić information content (AvgIpc) is 2.69. The first-order chi connectivity index (χ1) is 14.9. The lowest BCUT2D eigenvalue weighted by Crippen LogP contribution is -2.28. The lowest BCUT2D eigenvalue weighted by Gasteiger charge is -2.25. The van der Waals surface area contributed by atoms with Crippen LogP contribution in [-0.2, 0) is 11.2 Å². The number of pyridine rings is 1. The third-order valence-corrected chi connectivity index (χ3v) is 5.00. The van der Waals surface area contributed by atoms with E-state index in [2.05, 4.69) is 9.98 Å². The number of hydrogen-bond acceptors (Lipinski definition) is 5. The van der Waals surface area contributed by atoms with Crippen LogP contribution < -0.4 is 0 Å². The SMILES string of the molecule is CC(C)(C)C(CO)N=CC(C(=O)O)=C(O)c1cc(Cc2cccc(Cl)c2F)c(F)nc1F. The summed E-state index contributed by atoms with van der Waals surface area (Å²) >= 11 is 5.72. The van der Waals surface area contributed by atoms with Crippen LogP contribution in [0.15, 0.2) is 34.8 Å². The summed E-state index contributed by atoms with van der Waals surface area (Å²) in [5.41, 5.74) is -2.32. The Morgan fingerprint density at radius 1 is 1.19 bits per heavy atom. The maximum absolute atomic E-state index is 14.3. The van der Waals surface area contributed by atoms with Crippen LogP contribution in [0.1, 0.15) is 37.5 Å². The molecule has 1 heterocycles. The van der Waals surface area contributed by atoms with Crippen molar-refractivity contribution in [1.82, 2.24) is 4.98 Å². The fraction of sp³-hybridized carbons (Fsp3) is 0.318. The summed E-state index contributed by atoms with van der Waals surface area (Å²) in [6.07, 6.45) is 0.418. The van der Waals surface area contributed by atoms with Gasteiger partial charge in [-0.25, -0.2) is 9.18 Å². The Balaban J connectivity index is 2.55. The van der Waals surface area contributed by atoms with E-state index in [1.54, 1.807) is 20.8 Å². The van der Waals surface area contributed by atoms with Gasteiger partial charge < -0.3 is 15.3 Å². The van der Waals surface area contributed by atoms with Crippen molar-refractivity contribution in [2.45, 2.75) is 33.2 Å². The standard InChI is InChI=1S/C22H22ClF3N2O4/c1-22(2,3)16(10-29)27-9-14(21(31)32)18(30)13-8-12(19(25)28-20(13)26)7-11-5-4-6-15(23)17(11)24/h4-6,8-9,16,29-30H,7,10H2,1-3H3,(H,31,32). The number of aliphatic hydroxyl groups excluding tert-OH is 2. The molecule has 0 amide bonds. The van der Waals surface area contributed by atoms with E-state index in [1.807, 2.05) is 0 Å². The van der Waals surface area contributed by atoms with Gasteiger partial charge in [0.05, 0.1) is 23.2 Å². The first-order valence-corrected chi connectivity index (χ1v) is 9.83. The van der Waals surface area contributed by atoms with Crippen LogP contribution in [-0.4, -0.2) is 45.1 Å². The third-order valence-electron chi connectivity index (χ3n) is 4.71. The van der Waals surface area contributed by atoms with Gasteiger partial charge in [0.15, 0.2) is 0 Å². The Morgan fingerprint density at radius 3 is 2.41 bits per heavy atom. The highest BCUT2D eigenvalue weighted by Gasteiger charge is 2.25. The second kappa shape index (κ2) is 10.1. The largest absolute Gasteiger partial charge is 0.506 e. The first-order valence-electron chi connectivity index (χ1n) is 9.45. The minimum atomic E-state index is -1.64. The van der Waals surface area contributed by atoms with Gasteiger partial charge in [0.2, 0.25) is 11.9 Å². The average molecular weight is 471 g/mol. The van der Waals surface area contributed by atoms with Gasteiger partial charge in [-0.15, -0.1) is 0 Å². The summed E-state index contributed by atoms with van der Waals surface area (Å²) in [7, 11) is 0. The van der Waals surface area contributed by atoms with Gasteiger partial charge in [-0.3, -0.25) is 4.99 Å². The molecule has 2 rings (SSSR count). The minimum Gasteiger partial charge on any atom is -0.506 e. The van der Waals surface area contributed by atoms with Crippen molar-refractivity contribution in [2.24, 2.45) is 10.4 Å². The molecule has 172 valence electrons. The zero-order valence-corrected chi connectivity index (χ0v) is 18.3. The van der Waals surface area contributed by atoms with Gasteiger partial charge in [0.25, 0.3) is 0 Å². The van der Waals surface area contributed by atoms with E-state index in [0.29, 0.717) is 0 Å². The quantitative estimate of drug-likeness (QED) is 0.238. The molecular weight excluding hydrogens is 449 g/mol. The normalized spacial score (nSPS) is 13.9. The number of aromatic nitrogens is 1. The van der Waals surface area contributed by atoms with Crippen LogP contribution in [0.25, 0.3) is 5.76 Å². The van der Waals surface area contributed by atoms with Crippen LogP contribution in [0.2, 0.25) is 5.02 Å². The summed E-state index contributed by atoms with van der Waals surface area (Å²) in [5.74, 6) is -6.20. The van der Waals surface area contributed by atoms with Gasteiger partial charge in [0, 0.05) is 18.2 Å². The second-order valence-corrected chi connectivity index (χ2v) is 8.48. The lowest BCUT2D eigenvalue weighted by atomic mass is 9.88. The van der Waals surface area contributed by atoms with E-state index in [9.17, 15) is 33.3 Å². The highest BCUT2D eigenvalue weighted by atomic mass is 35.5. The molecule has 0 aliphatic carbocycles. The van der Waals surface area contributed by atoms with E-state index in [-0.39, 0.29) is 22.6 Å². The molecule has 0 bridgehead atoms. The van der Waals surface area contributed by atoms with Crippen molar-refractivity contribution in [3.63, 3.8) is 0 Å². The van der Waals surface area contributed by atoms with Gasteiger partial charge in [-0.05, 0) is 23.1 Å². The van der Waals surface area contributed by atoms with Crippen LogP contribution in [0.5, 0.6) is 0 Å². The van der Waals surface area contributed by atoms with Gasteiger partial charge in [-0.2, -0.15) is 13.8 Å². The Bertz CT molecular complexity index is 1080. The van der Waals surface area contributed by atoms with Crippen molar-refractivity contribution < 1.29 is 33.3 Å². The topological polar surface area (TPSA) is 103 Å². The lowest BCUT2D eigenvalue weighted by molar-refractivity contribution is -0.132. The molecule has 3 N–H and O–H groups in total. The molecule has 6 nitrogen and oxygen atoms in total. The number of aliphatic carboxylic acids is 1. The molecule has 2 aromatic rings. The molecule has 0 aliphatic rings. The molecule has 32 heavy (non-hydrogen) atoms. The number of hydrogen-bond donors (Lipinski definition) is 3. The molecule has 0 fully saturated rings. The van der Waals surface area contributed by atoms with E-state index in [1.165, 1.54) is 18.2 Å². The number of carbonyl (C=O) groups is 1. The fourth-order valence-corrected chi connectivity index (χ4v) is 2.96. The van der Waals surface area contributed by atoms with E-state index in [4.69, 9.17) is 11.6 Å². The summed E-state index contributed by atoms with van der Waals surface area (Å²) < 4.78 is 42.7. The minimum absolute atomic E-state index is 0.00443. The molecular formula is C22H22ClF3N2O4. The van der Waals surface area contributed by atoms with E-state index >= 15 is 0 Å². The number of carboxylic acid groups (broad SMARTS) is 1. The molecule has 0 saturated carbocycles. The molecule has 1 aromatic carbocycles. The zero-order valence-electron chi connectivity index (χ0n) is 17.5. The Hall–Kier alpha value is -2.91. The molecule has 1 aromatic heterocycles. The molecule has 1 unspecified atom stereocenters. The number of carboxylic acids is 1. The monoisotopic (exact) mass is 470 g/mol. The van der Waals surface area contributed by atoms with Gasteiger partial charge in [-0.1, -0.05) is 44.5 Å². The first kappa shape index (κ1) is 25.4. The van der Waals surface area contributed by atoms with Crippen molar-refractivity contribution in [3.05, 3.63) is 69.3 Å². The van der Waals surface area contributed by atoms with Gasteiger partial charge in [0.1, 0.15) is 17.1 Å². The number of aliphatic hydroxyl groups is 2. The van der Waals surface area contributed by atoms with Crippen LogP contribution >= 0.6 is 11.6 Å². The van der Waals surface area contributed by atoms with Crippen LogP contribution in [0, 0.1) is 23.1 Å². The molecule has 0 spiro atoms. The van der Waals surface area contributed by atoms with Crippen LogP contribution in [0.4, 0.5) is 13.2 Å². The third kappa shape index (κ3) is 5.86. The number of halogens is 4. The summed E-state index contributed by atoms with van der Waals surface area (Å²) in [5, 5.41) is 29.2. The molecule has 0 saturated heterocycles. The molecule has 0 radical (unpaired) electrons. The Morgan fingerprint density at radius 2 is 1.84 bits per heavy atom. The van der Waals surface area contributed by atoms with Crippen LogP contribution in [0.3, 0.4) is 0 Å². The summed E-state index contributed by atoms with van der Waals surface area (Å²) in [4.78, 5) is 18.7. The van der Waals surface area contributed by atoms with E-state index in [0.717, 1.165) is 12.3 Å². The van der Waals surface area contributed by atoms with Crippen molar-refractivity contribution in [1.29, 1.82) is 0 Å². The molecule has 1 atom stereocenters. The summed E-state index contributed by atoms with van der Waals surface area (Å²) in [6, 6.07) is 4.23. The highest BCUT2D eigenvalue weighted by Crippen LogP contribution is 2.26. The molecule has 10 heteroatoms. The molecule has 0 aliphatic heterocycles. The smallest absolute Gasteiger partial charge is 0.341 e. The van der Waals surface area contributed by atoms with Crippen molar-refractivity contribution >= 4 is 29.5 Å². The predicted octanol–water partition coefficient (Wildman–Crippen LogP) is 4.57. The Labute approximate surface area is 187 Å². The number of rotatable bonds is 7. The number of benzene rings is 1. The number of nitrogens with zero attached hydrogens (tertiary/aromatic N) is 2. The highest BCUT2D eigenvalue weighted by molar-refractivity contribution is 6.30. The zero-order chi connectivity index (χ0) is 24.2. The second-order valence-electron chi connectivity index (χ2n) is 8.08. The maximum atomic E-state index is 14.3.